The number of rotatable bonds is 8. The lowest BCUT2D eigenvalue weighted by atomic mass is 9.97. The Balaban J connectivity index is 1.55. The Morgan fingerprint density at radius 1 is 1.03 bits per heavy atom. The third-order valence-electron chi connectivity index (χ3n) is 7.12. The van der Waals surface area contributed by atoms with Crippen LogP contribution in [0.2, 0.25) is 0 Å². The number of carbonyl (C=O) groups excluding carboxylic acids is 1. The van der Waals surface area contributed by atoms with Gasteiger partial charge in [-0.3, -0.25) is 19.7 Å². The molecule has 0 spiro atoms. The normalized spacial score (nSPS) is 16.4. The molecule has 0 unspecified atom stereocenters. The van der Waals surface area contributed by atoms with E-state index in [1.54, 1.807) is 19.1 Å². The Morgan fingerprint density at radius 3 is 2.31 bits per heavy atom. The maximum Gasteiger partial charge on any atom is 0.416 e. The van der Waals surface area contributed by atoms with Crippen molar-refractivity contribution in [1.29, 1.82) is 5.26 Å². The first kappa shape index (κ1) is 26.7. The van der Waals surface area contributed by atoms with Crippen LogP contribution in [0.25, 0.3) is 11.4 Å². The van der Waals surface area contributed by atoms with Gasteiger partial charge in [-0.05, 0) is 68.9 Å². The van der Waals surface area contributed by atoms with E-state index in [4.69, 9.17) is 5.26 Å². The zero-order valence-electron chi connectivity index (χ0n) is 20.9. The highest BCUT2D eigenvalue weighted by molar-refractivity contribution is 5.95. The van der Waals surface area contributed by atoms with E-state index < -0.39 is 46.7 Å². The van der Waals surface area contributed by atoms with Gasteiger partial charge in [-0.2, -0.15) is 18.4 Å². The minimum Gasteiger partial charge on any atom is -0.330 e. The van der Waals surface area contributed by atoms with Crippen molar-refractivity contribution in [2.75, 3.05) is 6.54 Å². The molecule has 3 aromatic rings. The fourth-order valence-electron chi connectivity index (χ4n) is 4.55. The average Bonchev–Trinajstić information content (AvgIpc) is 3.84. The van der Waals surface area contributed by atoms with Crippen LogP contribution in [0.4, 0.5) is 22.0 Å². The standard InChI is InChI=1S/C28H24F5N5O/c1-16(24-25(36-9-8-35-24)23-7-4-18(13-34)14-37-23)38(15-17-2-3-17)26(39)19-10-21(27(29,30)20-5-6-20)12-22(11-19)28(31,32)33/h4,7-12,14,16-17,20H,2-3,5-6,15H2,1H3/t16-/m0/s1. The Bertz CT molecular complexity index is 1430. The van der Waals surface area contributed by atoms with Crippen molar-refractivity contribution in [2.24, 2.45) is 11.8 Å². The van der Waals surface area contributed by atoms with Crippen molar-refractivity contribution in [3.63, 3.8) is 0 Å². The van der Waals surface area contributed by atoms with Gasteiger partial charge < -0.3 is 4.90 Å². The number of carbonyl (C=O) groups is 1. The van der Waals surface area contributed by atoms with Crippen LogP contribution in [0.15, 0.2) is 48.9 Å². The molecular weight excluding hydrogens is 517 g/mol. The van der Waals surface area contributed by atoms with Crippen LogP contribution in [0.3, 0.4) is 0 Å². The van der Waals surface area contributed by atoms with Crippen molar-refractivity contribution in [2.45, 2.75) is 50.7 Å². The highest BCUT2D eigenvalue weighted by Crippen LogP contribution is 2.50. The lowest BCUT2D eigenvalue weighted by Crippen LogP contribution is -2.36. The van der Waals surface area contributed by atoms with Gasteiger partial charge in [-0.15, -0.1) is 0 Å². The SMILES string of the molecule is C[C@@H](c1nccnc1-c1ccc(C#N)cn1)N(CC1CC1)C(=O)c1cc(C(F)(F)F)cc(C(F)(F)C2CC2)c1. The van der Waals surface area contributed by atoms with E-state index in [1.165, 1.54) is 23.5 Å². The first-order valence-corrected chi connectivity index (χ1v) is 12.6. The van der Waals surface area contributed by atoms with E-state index in [0.717, 1.165) is 18.9 Å². The minimum atomic E-state index is -4.91. The molecule has 0 bridgehead atoms. The van der Waals surface area contributed by atoms with Gasteiger partial charge in [0.1, 0.15) is 11.8 Å². The van der Waals surface area contributed by atoms with Crippen LogP contribution in [0.1, 0.15) is 71.4 Å². The summed E-state index contributed by atoms with van der Waals surface area (Å²) in [5, 5.41) is 9.07. The summed E-state index contributed by atoms with van der Waals surface area (Å²) < 4.78 is 71.1. The zero-order valence-corrected chi connectivity index (χ0v) is 20.9. The fourth-order valence-corrected chi connectivity index (χ4v) is 4.55. The maximum atomic E-state index is 15.0. The molecule has 0 saturated heterocycles. The first-order chi connectivity index (χ1) is 18.5. The van der Waals surface area contributed by atoms with Gasteiger partial charge in [0.2, 0.25) is 0 Å². The smallest absolute Gasteiger partial charge is 0.330 e. The first-order valence-electron chi connectivity index (χ1n) is 12.6. The second-order valence-corrected chi connectivity index (χ2v) is 10.1. The predicted molar refractivity (Wildman–Crippen MR) is 130 cm³/mol. The Labute approximate surface area is 221 Å². The monoisotopic (exact) mass is 541 g/mol. The van der Waals surface area contributed by atoms with Gasteiger partial charge in [0, 0.05) is 42.2 Å². The van der Waals surface area contributed by atoms with E-state index in [0.29, 0.717) is 34.8 Å². The molecule has 0 N–H and O–H groups in total. The molecule has 2 fully saturated rings. The molecule has 1 amide bonds. The molecule has 2 aliphatic carbocycles. The van der Waals surface area contributed by atoms with Crippen molar-refractivity contribution >= 4 is 5.91 Å². The lowest BCUT2D eigenvalue weighted by Gasteiger charge is -2.30. The molecule has 202 valence electrons. The summed E-state index contributed by atoms with van der Waals surface area (Å²) in [5.74, 6) is -5.16. The van der Waals surface area contributed by atoms with Crippen LogP contribution in [-0.2, 0) is 12.1 Å². The summed E-state index contributed by atoms with van der Waals surface area (Å²) in [7, 11) is 0. The van der Waals surface area contributed by atoms with E-state index >= 15 is 0 Å². The number of hydrogen-bond donors (Lipinski definition) is 0. The number of pyridine rings is 1. The molecule has 0 aliphatic heterocycles. The number of nitriles is 1. The van der Waals surface area contributed by atoms with E-state index in [1.807, 2.05) is 6.07 Å². The van der Waals surface area contributed by atoms with E-state index in [2.05, 4.69) is 15.0 Å². The number of hydrogen-bond acceptors (Lipinski definition) is 5. The Morgan fingerprint density at radius 2 is 1.72 bits per heavy atom. The summed E-state index contributed by atoms with van der Waals surface area (Å²) >= 11 is 0. The average molecular weight is 542 g/mol. The molecule has 11 heteroatoms. The molecular formula is C28H24F5N5O. The summed E-state index contributed by atoms with van der Waals surface area (Å²) in [4.78, 5) is 28.2. The molecule has 1 aromatic carbocycles. The second-order valence-electron chi connectivity index (χ2n) is 10.1. The maximum absolute atomic E-state index is 15.0. The van der Waals surface area contributed by atoms with Crippen LogP contribution >= 0.6 is 0 Å². The summed E-state index contributed by atoms with van der Waals surface area (Å²) in [6.07, 6.45) is 1.46. The van der Waals surface area contributed by atoms with Gasteiger partial charge in [-0.25, -0.2) is 8.78 Å². The van der Waals surface area contributed by atoms with Crippen molar-refractivity contribution < 1.29 is 26.7 Å². The number of amides is 1. The Hall–Kier alpha value is -3.94. The molecule has 2 saturated carbocycles. The third kappa shape index (κ3) is 5.60. The lowest BCUT2D eigenvalue weighted by molar-refractivity contribution is -0.137. The van der Waals surface area contributed by atoms with Crippen LogP contribution in [0, 0.1) is 23.2 Å². The van der Waals surface area contributed by atoms with Crippen LogP contribution in [-0.4, -0.2) is 32.3 Å². The summed E-state index contributed by atoms with van der Waals surface area (Å²) in [6, 6.07) is 6.34. The fraction of sp³-hybridized carbons (Fsp3) is 0.393. The van der Waals surface area contributed by atoms with Crippen molar-refractivity contribution in [3.8, 4) is 17.5 Å². The quantitative estimate of drug-likeness (QED) is 0.302. The molecule has 2 aliphatic rings. The van der Waals surface area contributed by atoms with E-state index in [-0.39, 0.29) is 25.3 Å². The van der Waals surface area contributed by atoms with E-state index in [9.17, 15) is 26.7 Å². The van der Waals surface area contributed by atoms with Gasteiger partial charge in [0.05, 0.1) is 28.6 Å². The van der Waals surface area contributed by atoms with Crippen molar-refractivity contribution in [1.82, 2.24) is 19.9 Å². The van der Waals surface area contributed by atoms with Gasteiger partial charge >= 0.3 is 6.18 Å². The molecule has 0 radical (unpaired) electrons. The van der Waals surface area contributed by atoms with Crippen LogP contribution < -0.4 is 0 Å². The highest BCUT2D eigenvalue weighted by Gasteiger charge is 2.49. The zero-order chi connectivity index (χ0) is 27.9. The Kier molecular flexibility index (Phi) is 6.83. The topological polar surface area (TPSA) is 82.8 Å². The molecule has 1 atom stereocenters. The van der Waals surface area contributed by atoms with Gasteiger partial charge in [0.15, 0.2) is 0 Å². The second kappa shape index (κ2) is 9.98. The minimum absolute atomic E-state index is 0.141. The molecule has 5 rings (SSSR count). The number of nitrogens with zero attached hydrogens (tertiary/aromatic N) is 5. The molecule has 2 heterocycles. The number of benzene rings is 1. The number of alkyl halides is 5. The molecule has 2 aromatic heterocycles. The van der Waals surface area contributed by atoms with Gasteiger partial charge in [-0.1, -0.05) is 0 Å². The summed E-state index contributed by atoms with van der Waals surface area (Å²) in [6.45, 7) is 1.90. The third-order valence-corrected chi connectivity index (χ3v) is 7.12. The molecule has 6 nitrogen and oxygen atoms in total. The largest absolute Gasteiger partial charge is 0.416 e. The highest BCUT2D eigenvalue weighted by atomic mass is 19.4. The predicted octanol–water partition coefficient (Wildman–Crippen LogP) is 6.54. The molecule has 39 heavy (non-hydrogen) atoms. The van der Waals surface area contributed by atoms with Gasteiger partial charge in [0.25, 0.3) is 11.8 Å². The summed E-state index contributed by atoms with van der Waals surface area (Å²) in [5.41, 5.74) is -1.12. The van der Waals surface area contributed by atoms with Crippen LogP contribution in [0.5, 0.6) is 0 Å². The van der Waals surface area contributed by atoms with Crippen molar-refractivity contribution in [3.05, 3.63) is 76.9 Å². The number of aromatic nitrogens is 3. The number of halogens is 5.